The van der Waals surface area contributed by atoms with E-state index in [-0.39, 0.29) is 5.75 Å². The Morgan fingerprint density at radius 1 is 1.25 bits per heavy atom. The minimum Gasteiger partial charge on any atom is -0.215 e. The topological polar surface area (TPSA) is 46.2 Å². The highest BCUT2D eigenvalue weighted by Gasteiger charge is 2.12. The summed E-state index contributed by atoms with van der Waals surface area (Å²) in [6.45, 7) is 4.83. The van der Waals surface area contributed by atoms with E-state index in [2.05, 4.69) is 18.6 Å². The summed E-state index contributed by atoms with van der Waals surface area (Å²) in [7, 11) is -3.11. The van der Waals surface area contributed by atoms with Crippen LogP contribution in [0.25, 0.3) is 0 Å². The number of nitrogens with one attached hydrogen (secondary N) is 1. The maximum atomic E-state index is 11.5. The molecule has 0 amide bonds. The molecule has 1 N–H and O–H groups in total. The molecular weight excluding hydrogens is 246 g/mol. The molecule has 1 atom stereocenters. The van der Waals surface area contributed by atoms with Gasteiger partial charge in [0.1, 0.15) is 0 Å². The van der Waals surface area contributed by atoms with E-state index in [1.54, 1.807) is 0 Å². The van der Waals surface area contributed by atoms with Crippen molar-refractivity contribution in [3.05, 3.63) is 0 Å². The van der Waals surface area contributed by atoms with Crippen molar-refractivity contribution >= 4 is 21.6 Å². The third-order valence-corrected chi connectivity index (χ3v) is 4.38. The lowest BCUT2D eigenvalue weighted by molar-refractivity contribution is 0.443. The highest BCUT2D eigenvalue weighted by molar-refractivity contribution is 7.89. The Morgan fingerprint density at radius 3 is 2.44 bits per heavy atom. The van der Waals surface area contributed by atoms with Gasteiger partial charge in [0.15, 0.2) is 0 Å². The largest absolute Gasteiger partial charge is 0.215 e. The third kappa shape index (κ3) is 8.36. The monoisotopic (exact) mass is 269 g/mol. The van der Waals surface area contributed by atoms with Crippen LogP contribution in [0.1, 0.15) is 46.0 Å². The minimum atomic E-state index is -3.11. The molecule has 0 rings (SSSR count). The van der Waals surface area contributed by atoms with E-state index >= 15 is 0 Å². The van der Waals surface area contributed by atoms with Gasteiger partial charge in [-0.2, -0.15) is 0 Å². The molecule has 0 aromatic carbocycles. The van der Waals surface area contributed by atoms with Crippen molar-refractivity contribution in [3.63, 3.8) is 0 Å². The molecule has 0 aromatic heterocycles. The molecule has 0 heterocycles. The Bertz CT molecular complexity index is 255. The first-order valence-corrected chi connectivity index (χ1v) is 8.27. The fraction of sp³-hybridized carbons (Fsp3) is 1.00. The Kier molecular flexibility index (Phi) is 9.37. The summed E-state index contributed by atoms with van der Waals surface area (Å²) in [6, 6.07) is 0. The first kappa shape index (κ1) is 16.2. The van der Waals surface area contributed by atoms with Crippen molar-refractivity contribution < 1.29 is 8.42 Å². The summed E-state index contributed by atoms with van der Waals surface area (Å²) < 4.78 is 25.7. The second-order valence-electron chi connectivity index (χ2n) is 4.13. The van der Waals surface area contributed by atoms with E-state index in [4.69, 9.17) is 11.6 Å². The number of hydrogen-bond donors (Lipinski definition) is 1. The van der Waals surface area contributed by atoms with Gasteiger partial charge in [-0.3, -0.25) is 0 Å². The summed E-state index contributed by atoms with van der Waals surface area (Å²) >= 11 is 5.47. The molecule has 98 valence electrons. The molecule has 16 heavy (non-hydrogen) atoms. The summed E-state index contributed by atoms with van der Waals surface area (Å²) in [4.78, 5) is 0. The number of alkyl halides is 1. The second-order valence-corrected chi connectivity index (χ2v) is 6.43. The van der Waals surface area contributed by atoms with Crippen LogP contribution >= 0.6 is 11.6 Å². The molecule has 0 radical (unpaired) electrons. The number of halogens is 1. The Balaban J connectivity index is 3.90. The Labute approximate surface area is 105 Å². The van der Waals surface area contributed by atoms with Gasteiger partial charge in [0.25, 0.3) is 0 Å². The fourth-order valence-corrected chi connectivity index (χ4v) is 2.96. The van der Waals surface area contributed by atoms with Crippen molar-refractivity contribution in [2.75, 3.05) is 18.2 Å². The van der Waals surface area contributed by atoms with Gasteiger partial charge in [0.2, 0.25) is 10.0 Å². The van der Waals surface area contributed by atoms with Crippen LogP contribution in [0.4, 0.5) is 0 Å². The molecule has 3 nitrogen and oxygen atoms in total. The van der Waals surface area contributed by atoms with Crippen molar-refractivity contribution in [3.8, 4) is 0 Å². The lowest BCUT2D eigenvalue weighted by Crippen LogP contribution is -2.31. The average Bonchev–Trinajstić information content (AvgIpc) is 2.27. The van der Waals surface area contributed by atoms with E-state index in [1.165, 1.54) is 6.42 Å². The van der Waals surface area contributed by atoms with Crippen LogP contribution in [0.2, 0.25) is 0 Å². The molecule has 0 bridgehead atoms. The van der Waals surface area contributed by atoms with Gasteiger partial charge in [-0.1, -0.05) is 33.1 Å². The summed E-state index contributed by atoms with van der Waals surface area (Å²) in [5, 5.41) is 0. The lowest BCUT2D eigenvalue weighted by Gasteiger charge is -2.15. The van der Waals surface area contributed by atoms with Gasteiger partial charge < -0.3 is 0 Å². The number of unbranched alkanes of at least 4 members (excludes halogenated alkanes) is 1. The zero-order valence-electron chi connectivity index (χ0n) is 10.3. The molecule has 0 aliphatic carbocycles. The standard InChI is InChI=1S/C11H24ClNO2S/c1-3-5-7-11(4-2)10-13-16(14,15)9-6-8-12/h11,13H,3-10H2,1-2H3. The zero-order chi connectivity index (χ0) is 12.4. The molecule has 0 aliphatic heterocycles. The van der Waals surface area contributed by atoms with Gasteiger partial charge in [0, 0.05) is 12.4 Å². The van der Waals surface area contributed by atoms with Crippen LogP contribution in [0.15, 0.2) is 0 Å². The predicted octanol–water partition coefficient (Wildman–Crippen LogP) is 2.75. The van der Waals surface area contributed by atoms with Crippen molar-refractivity contribution in [2.45, 2.75) is 46.0 Å². The van der Waals surface area contributed by atoms with E-state index < -0.39 is 10.0 Å². The van der Waals surface area contributed by atoms with Gasteiger partial charge in [-0.25, -0.2) is 13.1 Å². The average molecular weight is 270 g/mol. The molecule has 0 spiro atoms. The van der Waals surface area contributed by atoms with Gasteiger partial charge in [-0.15, -0.1) is 11.6 Å². The molecule has 1 unspecified atom stereocenters. The van der Waals surface area contributed by atoms with E-state index in [0.29, 0.717) is 24.8 Å². The first-order valence-electron chi connectivity index (χ1n) is 6.09. The van der Waals surface area contributed by atoms with Crippen molar-refractivity contribution in [2.24, 2.45) is 5.92 Å². The molecule has 0 aromatic rings. The first-order chi connectivity index (χ1) is 7.55. The highest BCUT2D eigenvalue weighted by Crippen LogP contribution is 2.11. The Hall–Kier alpha value is 0.200. The van der Waals surface area contributed by atoms with Crippen molar-refractivity contribution in [1.29, 1.82) is 0 Å². The third-order valence-electron chi connectivity index (χ3n) is 2.68. The Morgan fingerprint density at radius 2 is 1.94 bits per heavy atom. The predicted molar refractivity (Wildman–Crippen MR) is 70.4 cm³/mol. The van der Waals surface area contributed by atoms with Crippen LogP contribution in [0, 0.1) is 5.92 Å². The van der Waals surface area contributed by atoms with E-state index in [9.17, 15) is 8.42 Å². The summed E-state index contributed by atoms with van der Waals surface area (Å²) in [6.07, 6.45) is 4.98. The summed E-state index contributed by atoms with van der Waals surface area (Å²) in [5.41, 5.74) is 0. The molecule has 0 saturated heterocycles. The highest BCUT2D eigenvalue weighted by atomic mass is 35.5. The van der Waals surface area contributed by atoms with Crippen LogP contribution in [0.3, 0.4) is 0 Å². The maximum Gasteiger partial charge on any atom is 0.211 e. The van der Waals surface area contributed by atoms with Gasteiger partial charge in [0.05, 0.1) is 5.75 Å². The van der Waals surface area contributed by atoms with Crippen LogP contribution in [0.5, 0.6) is 0 Å². The second kappa shape index (κ2) is 9.25. The maximum absolute atomic E-state index is 11.5. The van der Waals surface area contributed by atoms with Crippen LogP contribution in [-0.2, 0) is 10.0 Å². The van der Waals surface area contributed by atoms with Gasteiger partial charge in [-0.05, 0) is 18.8 Å². The molecule has 5 heteroatoms. The quantitative estimate of drug-likeness (QED) is 0.620. The number of hydrogen-bond acceptors (Lipinski definition) is 2. The summed E-state index contributed by atoms with van der Waals surface area (Å²) in [5.74, 6) is 1.00. The number of rotatable bonds is 10. The van der Waals surface area contributed by atoms with Crippen LogP contribution in [-0.4, -0.2) is 26.6 Å². The van der Waals surface area contributed by atoms with Crippen molar-refractivity contribution in [1.82, 2.24) is 4.72 Å². The zero-order valence-corrected chi connectivity index (χ0v) is 11.9. The lowest BCUT2D eigenvalue weighted by atomic mass is 10.00. The SMILES string of the molecule is CCCCC(CC)CNS(=O)(=O)CCCCl. The molecular formula is C11H24ClNO2S. The van der Waals surface area contributed by atoms with Gasteiger partial charge >= 0.3 is 0 Å². The normalized spacial score (nSPS) is 13.9. The van der Waals surface area contributed by atoms with E-state index in [0.717, 1.165) is 19.3 Å². The van der Waals surface area contributed by atoms with Crippen LogP contribution < -0.4 is 4.72 Å². The smallest absolute Gasteiger partial charge is 0.211 e. The number of sulfonamides is 1. The molecule has 0 aliphatic rings. The van der Waals surface area contributed by atoms with E-state index in [1.807, 2.05) is 0 Å². The molecule has 0 fully saturated rings. The minimum absolute atomic E-state index is 0.140. The molecule has 0 saturated carbocycles. The fourth-order valence-electron chi connectivity index (χ4n) is 1.50.